The van der Waals surface area contributed by atoms with Crippen molar-refractivity contribution in [2.24, 2.45) is 9.98 Å². The third kappa shape index (κ3) is 7.08. The fraction of sp³-hybridized carbons (Fsp3) is 0.405. The summed E-state index contributed by atoms with van der Waals surface area (Å²) in [6.07, 6.45) is 6.52. The summed E-state index contributed by atoms with van der Waals surface area (Å²) in [5.74, 6) is 0.234. The van der Waals surface area contributed by atoms with Crippen LogP contribution < -0.4 is 10.7 Å². The average Bonchev–Trinajstić information content (AvgIpc) is 3.59. The minimum atomic E-state index is -0.747. The van der Waals surface area contributed by atoms with Crippen LogP contribution in [0.4, 0.5) is 0 Å². The number of aliphatic imine (C=N–C) groups is 2. The van der Waals surface area contributed by atoms with Crippen LogP contribution >= 0.6 is 0 Å². The molecule has 0 spiro atoms. The lowest BCUT2D eigenvalue weighted by molar-refractivity contribution is -0.117. The van der Waals surface area contributed by atoms with Gasteiger partial charge in [-0.2, -0.15) is 0 Å². The van der Waals surface area contributed by atoms with Crippen LogP contribution in [0.3, 0.4) is 0 Å². The van der Waals surface area contributed by atoms with Crippen LogP contribution in [0.25, 0.3) is 18.7 Å². The van der Waals surface area contributed by atoms with Crippen molar-refractivity contribution in [2.75, 3.05) is 0 Å². The minimum Gasteiger partial charge on any atom is -0.389 e. The summed E-state index contributed by atoms with van der Waals surface area (Å²) in [7, 11) is 0. The summed E-state index contributed by atoms with van der Waals surface area (Å²) in [6.45, 7) is 20.7. The van der Waals surface area contributed by atoms with Crippen molar-refractivity contribution in [3.63, 3.8) is 0 Å². The number of aliphatic hydroxyl groups excluding tert-OH is 2. The largest absolute Gasteiger partial charge is 0.389 e. The Morgan fingerprint density at radius 1 is 0.800 bits per heavy atom. The molecular formula is C37H46N4O4. The van der Waals surface area contributed by atoms with Gasteiger partial charge in [0, 0.05) is 46.1 Å². The number of Topliss-reactive ketones (excluding diaryl/α,β-unsaturated/α-hetero) is 2. The number of hydrogen-bond acceptors (Lipinski definition) is 6. The van der Waals surface area contributed by atoms with E-state index >= 15 is 0 Å². The molecule has 0 amide bonds. The van der Waals surface area contributed by atoms with Crippen LogP contribution in [-0.2, 0) is 16.0 Å². The van der Waals surface area contributed by atoms with Crippen LogP contribution in [0.15, 0.2) is 49.7 Å². The van der Waals surface area contributed by atoms with E-state index in [1.54, 1.807) is 27.7 Å². The predicted molar refractivity (Wildman–Crippen MR) is 183 cm³/mol. The predicted octanol–water partition coefficient (Wildman–Crippen LogP) is 5.25. The van der Waals surface area contributed by atoms with Crippen molar-refractivity contribution < 1.29 is 19.8 Å². The molecule has 0 radical (unpaired) electrons. The lowest BCUT2D eigenvalue weighted by atomic mass is 9.97. The Kier molecular flexibility index (Phi) is 10.1. The first-order valence-corrected chi connectivity index (χ1v) is 15.6. The number of aryl methyl sites for hydroxylation is 1. The molecular weight excluding hydrogens is 564 g/mol. The number of nitrogens with one attached hydrogen (secondary N) is 2. The summed E-state index contributed by atoms with van der Waals surface area (Å²) in [5, 5.41) is 22.7. The number of H-pyrrole nitrogens is 2. The molecule has 2 aliphatic rings. The maximum atomic E-state index is 12.0. The van der Waals surface area contributed by atoms with E-state index in [1.165, 1.54) is 0 Å². The first-order chi connectivity index (χ1) is 21.1. The number of hydrogen-bond donors (Lipinski definition) is 4. The third-order valence-corrected chi connectivity index (χ3v) is 8.87. The number of aliphatic hydroxyl groups is 2. The second-order valence-electron chi connectivity index (χ2n) is 12.4. The zero-order valence-electron chi connectivity index (χ0n) is 28.0. The molecule has 0 bridgehead atoms. The Labute approximate surface area is 265 Å². The standard InChI is InChI=1S/C37H46N4O4/c1-18(42)11-13-28-20(3)24(7)38-33(28)17-34-29(14-12-19(2)43)21(4)30(40-34)15-32-23(6)37(27(10)45)35(41-32)16-31-22(5)36(26(9)44)25(8)39-31/h15-17,26-27,38-39,44-45H,7,11-14H2,1-6,8-10H3/b30-15-,33-17-,35-16?/t26?,27-/m0/s1. The number of aromatic amines is 2. The van der Waals surface area contributed by atoms with Crippen LogP contribution in [0, 0.1) is 20.8 Å². The molecule has 0 aromatic carbocycles. The lowest BCUT2D eigenvalue weighted by Gasteiger charge is -2.09. The van der Waals surface area contributed by atoms with E-state index in [1.807, 2.05) is 52.8 Å². The van der Waals surface area contributed by atoms with Crippen molar-refractivity contribution in [3.05, 3.63) is 84.1 Å². The molecule has 4 heterocycles. The molecule has 2 aromatic heterocycles. The van der Waals surface area contributed by atoms with Crippen molar-refractivity contribution >= 4 is 41.7 Å². The smallest absolute Gasteiger partial charge is 0.130 e. The summed E-state index contributed by atoms with van der Waals surface area (Å²) in [6, 6.07) is 0. The number of ketones is 2. The van der Waals surface area contributed by atoms with E-state index in [0.717, 1.165) is 78.0 Å². The van der Waals surface area contributed by atoms with Crippen molar-refractivity contribution in [2.45, 2.75) is 100 Å². The second-order valence-corrected chi connectivity index (χ2v) is 12.4. The molecule has 4 rings (SSSR count). The molecule has 2 aromatic rings. The Morgan fingerprint density at radius 3 is 2.00 bits per heavy atom. The highest BCUT2D eigenvalue weighted by molar-refractivity contribution is 6.24. The molecule has 2 atom stereocenters. The highest BCUT2D eigenvalue weighted by atomic mass is 16.3. The Balaban J connectivity index is 1.84. The first kappa shape index (κ1) is 33.7. The van der Waals surface area contributed by atoms with E-state index in [4.69, 9.17) is 9.98 Å². The molecule has 8 nitrogen and oxygen atoms in total. The number of aromatic nitrogens is 2. The van der Waals surface area contributed by atoms with Gasteiger partial charge in [0.25, 0.3) is 0 Å². The van der Waals surface area contributed by atoms with Crippen molar-refractivity contribution in [3.8, 4) is 0 Å². The van der Waals surface area contributed by atoms with Crippen LogP contribution in [-0.4, -0.2) is 49.3 Å². The van der Waals surface area contributed by atoms with E-state index < -0.39 is 12.2 Å². The maximum absolute atomic E-state index is 12.0. The van der Waals surface area contributed by atoms with Crippen molar-refractivity contribution in [1.82, 2.24) is 9.97 Å². The van der Waals surface area contributed by atoms with E-state index in [-0.39, 0.29) is 11.6 Å². The van der Waals surface area contributed by atoms with E-state index in [2.05, 4.69) is 16.5 Å². The highest BCUT2D eigenvalue weighted by Gasteiger charge is 2.27. The number of nitrogens with zero attached hydrogens (tertiary/aromatic N) is 2. The molecule has 238 valence electrons. The summed E-state index contributed by atoms with van der Waals surface area (Å²) in [4.78, 5) is 40.5. The van der Waals surface area contributed by atoms with Gasteiger partial charge < -0.3 is 29.8 Å². The van der Waals surface area contributed by atoms with Gasteiger partial charge in [0.15, 0.2) is 0 Å². The van der Waals surface area contributed by atoms with Crippen molar-refractivity contribution in [1.29, 1.82) is 0 Å². The SMILES string of the molecule is C=c1[nH]/c(=C\C2=NC(=C\C3=NC(=Cc4[nH]c(C)c(C(C)O)c4C)C([C@H](C)O)=C3C)/C(C)=C2CCC(C)=O)c(CCC(C)=O)c1C. The molecule has 0 saturated heterocycles. The summed E-state index contributed by atoms with van der Waals surface area (Å²) in [5.41, 5.74) is 12.0. The third-order valence-electron chi connectivity index (χ3n) is 8.87. The van der Waals surface area contributed by atoms with Gasteiger partial charge in [0.05, 0.1) is 35.0 Å². The van der Waals surface area contributed by atoms with Crippen LogP contribution in [0.5, 0.6) is 0 Å². The monoisotopic (exact) mass is 610 g/mol. The number of carbonyl (C=O) groups excluding carboxylic acids is 2. The van der Waals surface area contributed by atoms with Gasteiger partial charge >= 0.3 is 0 Å². The highest BCUT2D eigenvalue weighted by Crippen LogP contribution is 2.35. The zero-order chi connectivity index (χ0) is 33.3. The fourth-order valence-corrected chi connectivity index (χ4v) is 6.31. The van der Waals surface area contributed by atoms with Crippen LogP contribution in [0.1, 0.15) is 101 Å². The van der Waals surface area contributed by atoms with E-state index in [9.17, 15) is 19.8 Å². The molecule has 8 heteroatoms. The summed E-state index contributed by atoms with van der Waals surface area (Å²) < 4.78 is 0. The Hall–Kier alpha value is -4.14. The van der Waals surface area contributed by atoms with Gasteiger partial charge in [-0.3, -0.25) is 0 Å². The quantitative estimate of drug-likeness (QED) is 0.277. The van der Waals surface area contributed by atoms with Gasteiger partial charge in [-0.15, -0.1) is 0 Å². The topological polar surface area (TPSA) is 131 Å². The van der Waals surface area contributed by atoms with Gasteiger partial charge in [-0.25, -0.2) is 9.98 Å². The number of rotatable bonds is 11. The van der Waals surface area contributed by atoms with Gasteiger partial charge in [0.2, 0.25) is 0 Å². The average molecular weight is 611 g/mol. The molecule has 1 unspecified atom stereocenters. The zero-order valence-corrected chi connectivity index (χ0v) is 28.0. The van der Waals surface area contributed by atoms with Gasteiger partial charge in [-0.1, -0.05) is 6.58 Å². The Morgan fingerprint density at radius 2 is 1.42 bits per heavy atom. The lowest BCUT2D eigenvalue weighted by Crippen LogP contribution is -2.15. The number of carbonyl (C=O) groups is 2. The molecule has 0 aliphatic carbocycles. The normalized spacial score (nSPS) is 18.9. The van der Waals surface area contributed by atoms with Gasteiger partial charge in [-0.05, 0) is 127 Å². The fourth-order valence-electron chi connectivity index (χ4n) is 6.31. The molecule has 2 aliphatic heterocycles. The summed E-state index contributed by atoms with van der Waals surface area (Å²) >= 11 is 0. The second kappa shape index (κ2) is 13.5. The molecule has 0 fully saturated rings. The molecule has 4 N–H and O–H groups in total. The first-order valence-electron chi connectivity index (χ1n) is 15.6. The Bertz CT molecular complexity index is 1870. The van der Waals surface area contributed by atoms with Gasteiger partial charge in [0.1, 0.15) is 11.6 Å². The van der Waals surface area contributed by atoms with E-state index in [0.29, 0.717) is 37.1 Å². The molecule has 0 saturated carbocycles. The maximum Gasteiger partial charge on any atom is 0.130 e. The number of allylic oxidation sites excluding steroid dienone is 4. The minimum absolute atomic E-state index is 0.105. The van der Waals surface area contributed by atoms with Crippen LogP contribution in [0.2, 0.25) is 0 Å². The molecule has 45 heavy (non-hydrogen) atoms.